The lowest BCUT2D eigenvalue weighted by molar-refractivity contribution is 0.483. The fraction of sp³-hybridized carbons (Fsp3) is 0.455. The van der Waals surface area contributed by atoms with Crippen LogP contribution in [0.15, 0.2) is 17.0 Å². The van der Waals surface area contributed by atoms with E-state index in [-0.39, 0.29) is 12.2 Å². The van der Waals surface area contributed by atoms with Gasteiger partial charge < -0.3 is 5.73 Å². The topological polar surface area (TPSA) is 72.2 Å². The van der Waals surface area contributed by atoms with Gasteiger partial charge in [0, 0.05) is 12.2 Å². The third-order valence-electron chi connectivity index (χ3n) is 2.85. The van der Waals surface area contributed by atoms with E-state index in [1.54, 1.807) is 0 Å². The van der Waals surface area contributed by atoms with Crippen molar-refractivity contribution in [3.05, 3.63) is 23.8 Å². The summed E-state index contributed by atoms with van der Waals surface area (Å²) in [6.45, 7) is 0.225. The average molecular weight is 276 g/mol. The first-order valence-electron chi connectivity index (χ1n) is 5.64. The van der Waals surface area contributed by atoms with Gasteiger partial charge in [0.05, 0.1) is 0 Å². The van der Waals surface area contributed by atoms with Gasteiger partial charge in [0.1, 0.15) is 4.90 Å². The van der Waals surface area contributed by atoms with Gasteiger partial charge in [0.15, 0.2) is 11.6 Å². The second-order valence-corrected chi connectivity index (χ2v) is 6.18. The second-order valence-electron chi connectivity index (χ2n) is 4.44. The minimum Gasteiger partial charge on any atom is -0.399 e. The van der Waals surface area contributed by atoms with Crippen LogP contribution in [0.25, 0.3) is 0 Å². The summed E-state index contributed by atoms with van der Waals surface area (Å²) in [7, 11) is -4.05. The van der Waals surface area contributed by atoms with Crippen LogP contribution >= 0.6 is 0 Å². The first kappa shape index (κ1) is 13.2. The Morgan fingerprint density at radius 2 is 2.00 bits per heavy atom. The monoisotopic (exact) mass is 276 g/mol. The largest absolute Gasteiger partial charge is 0.399 e. The summed E-state index contributed by atoms with van der Waals surface area (Å²) in [6, 6.07) is 1.66. The number of halogens is 2. The SMILES string of the molecule is Nc1cc(F)c(F)c(S(=O)(=O)NCCC2CC2)c1. The highest BCUT2D eigenvalue weighted by Crippen LogP contribution is 2.32. The summed E-state index contributed by atoms with van der Waals surface area (Å²) in [5.41, 5.74) is 5.18. The summed E-state index contributed by atoms with van der Waals surface area (Å²) in [5, 5.41) is 0. The predicted molar refractivity (Wildman–Crippen MR) is 63.3 cm³/mol. The molecule has 4 nitrogen and oxygen atoms in total. The summed E-state index contributed by atoms with van der Waals surface area (Å²) in [5.74, 6) is -2.11. The van der Waals surface area contributed by atoms with Crippen LogP contribution in [0.5, 0.6) is 0 Å². The van der Waals surface area contributed by atoms with Crippen molar-refractivity contribution >= 4 is 15.7 Å². The van der Waals surface area contributed by atoms with Gasteiger partial charge in [-0.2, -0.15) is 0 Å². The summed E-state index contributed by atoms with van der Waals surface area (Å²) < 4.78 is 52.3. The van der Waals surface area contributed by atoms with Crippen LogP contribution in [0.2, 0.25) is 0 Å². The van der Waals surface area contributed by atoms with E-state index >= 15 is 0 Å². The first-order chi connectivity index (χ1) is 8.40. The molecule has 1 aromatic rings. The van der Waals surface area contributed by atoms with E-state index in [1.165, 1.54) is 0 Å². The summed E-state index contributed by atoms with van der Waals surface area (Å²) >= 11 is 0. The molecule has 2 rings (SSSR count). The molecule has 1 fully saturated rings. The van der Waals surface area contributed by atoms with Crippen molar-refractivity contribution in [1.29, 1.82) is 0 Å². The Bertz CT molecular complexity index is 556. The zero-order valence-electron chi connectivity index (χ0n) is 9.62. The number of rotatable bonds is 5. The highest BCUT2D eigenvalue weighted by Gasteiger charge is 2.25. The van der Waals surface area contributed by atoms with Crippen molar-refractivity contribution in [3.8, 4) is 0 Å². The van der Waals surface area contributed by atoms with Gasteiger partial charge in [-0.05, 0) is 24.5 Å². The van der Waals surface area contributed by atoms with Crippen molar-refractivity contribution in [2.75, 3.05) is 12.3 Å². The predicted octanol–water partition coefficient (Wildman–Crippen LogP) is 1.63. The molecule has 1 aliphatic carbocycles. The maximum absolute atomic E-state index is 13.4. The van der Waals surface area contributed by atoms with E-state index in [0.29, 0.717) is 12.3 Å². The molecule has 0 heterocycles. The molecule has 0 atom stereocenters. The Kier molecular flexibility index (Phi) is 3.54. The third-order valence-corrected chi connectivity index (χ3v) is 4.31. The van der Waals surface area contributed by atoms with E-state index in [0.717, 1.165) is 25.0 Å². The smallest absolute Gasteiger partial charge is 0.243 e. The number of nitrogens with two attached hydrogens (primary N) is 1. The molecule has 1 saturated carbocycles. The Morgan fingerprint density at radius 3 is 2.61 bits per heavy atom. The van der Waals surface area contributed by atoms with Crippen molar-refractivity contribution in [3.63, 3.8) is 0 Å². The lowest BCUT2D eigenvalue weighted by atomic mass is 10.3. The van der Waals surface area contributed by atoms with E-state index in [4.69, 9.17) is 5.73 Å². The van der Waals surface area contributed by atoms with Crippen LogP contribution < -0.4 is 10.5 Å². The highest BCUT2D eigenvalue weighted by atomic mass is 32.2. The number of hydrogen-bond donors (Lipinski definition) is 2. The van der Waals surface area contributed by atoms with Crippen LogP contribution in [0.4, 0.5) is 14.5 Å². The number of sulfonamides is 1. The number of anilines is 1. The van der Waals surface area contributed by atoms with Gasteiger partial charge in [0.25, 0.3) is 0 Å². The molecule has 0 saturated heterocycles. The normalized spacial score (nSPS) is 15.9. The standard InChI is InChI=1S/C11H14F2N2O2S/c12-9-5-8(14)6-10(11(9)13)18(16,17)15-4-3-7-1-2-7/h5-7,15H,1-4,14H2. The lowest BCUT2D eigenvalue weighted by Gasteiger charge is -2.08. The molecule has 0 aliphatic heterocycles. The molecule has 0 spiro atoms. The van der Waals surface area contributed by atoms with E-state index in [9.17, 15) is 17.2 Å². The Morgan fingerprint density at radius 1 is 1.33 bits per heavy atom. The minimum atomic E-state index is -4.05. The maximum atomic E-state index is 13.4. The molecule has 18 heavy (non-hydrogen) atoms. The second kappa shape index (κ2) is 4.81. The molecule has 0 bridgehead atoms. The zero-order valence-corrected chi connectivity index (χ0v) is 10.4. The minimum absolute atomic E-state index is 0.128. The van der Waals surface area contributed by atoms with E-state index in [1.807, 2.05) is 0 Å². The molecule has 0 radical (unpaired) electrons. The van der Waals surface area contributed by atoms with Gasteiger partial charge >= 0.3 is 0 Å². The van der Waals surface area contributed by atoms with Gasteiger partial charge in [-0.3, -0.25) is 0 Å². The molecule has 0 unspecified atom stereocenters. The fourth-order valence-corrected chi connectivity index (χ4v) is 2.83. The van der Waals surface area contributed by atoms with Gasteiger partial charge in [-0.25, -0.2) is 21.9 Å². The zero-order chi connectivity index (χ0) is 13.3. The average Bonchev–Trinajstić information content (AvgIpc) is 3.07. The van der Waals surface area contributed by atoms with Crippen LogP contribution in [0.1, 0.15) is 19.3 Å². The Labute approximate surface area is 104 Å². The van der Waals surface area contributed by atoms with Crippen LogP contribution in [-0.2, 0) is 10.0 Å². The highest BCUT2D eigenvalue weighted by molar-refractivity contribution is 7.89. The summed E-state index contributed by atoms with van der Waals surface area (Å²) in [6.07, 6.45) is 2.91. The van der Waals surface area contributed by atoms with Crippen molar-refractivity contribution in [2.45, 2.75) is 24.2 Å². The van der Waals surface area contributed by atoms with Crippen LogP contribution in [-0.4, -0.2) is 15.0 Å². The van der Waals surface area contributed by atoms with Crippen molar-refractivity contribution < 1.29 is 17.2 Å². The molecular formula is C11H14F2N2O2S. The molecule has 100 valence electrons. The molecule has 0 amide bonds. The molecular weight excluding hydrogens is 262 g/mol. The third kappa shape index (κ3) is 2.97. The van der Waals surface area contributed by atoms with E-state index in [2.05, 4.69) is 4.72 Å². The Balaban J connectivity index is 2.17. The summed E-state index contributed by atoms with van der Waals surface area (Å²) in [4.78, 5) is -0.740. The van der Waals surface area contributed by atoms with Gasteiger partial charge in [0.2, 0.25) is 10.0 Å². The molecule has 7 heteroatoms. The Hall–Kier alpha value is -1.21. The number of nitrogen functional groups attached to an aromatic ring is 1. The van der Waals surface area contributed by atoms with E-state index < -0.39 is 26.6 Å². The van der Waals surface area contributed by atoms with Crippen LogP contribution in [0.3, 0.4) is 0 Å². The first-order valence-corrected chi connectivity index (χ1v) is 7.12. The molecule has 3 N–H and O–H groups in total. The van der Waals surface area contributed by atoms with Crippen LogP contribution in [0, 0.1) is 17.6 Å². The van der Waals surface area contributed by atoms with Gasteiger partial charge in [-0.15, -0.1) is 0 Å². The maximum Gasteiger partial charge on any atom is 0.243 e. The lowest BCUT2D eigenvalue weighted by Crippen LogP contribution is -2.26. The number of benzene rings is 1. The molecule has 0 aromatic heterocycles. The molecule has 1 aliphatic rings. The molecule has 1 aromatic carbocycles. The number of nitrogens with one attached hydrogen (secondary N) is 1. The van der Waals surface area contributed by atoms with Crippen molar-refractivity contribution in [1.82, 2.24) is 4.72 Å². The van der Waals surface area contributed by atoms with Crippen molar-refractivity contribution in [2.24, 2.45) is 5.92 Å². The fourth-order valence-electron chi connectivity index (χ4n) is 1.66. The number of hydrogen-bond acceptors (Lipinski definition) is 3. The van der Waals surface area contributed by atoms with Gasteiger partial charge in [-0.1, -0.05) is 12.8 Å². The quantitative estimate of drug-likeness (QED) is 0.803.